The van der Waals surface area contributed by atoms with Gasteiger partial charge in [0.05, 0.1) is 15.5 Å². The third-order valence-electron chi connectivity index (χ3n) is 3.49. The predicted molar refractivity (Wildman–Crippen MR) is 78.5 cm³/mol. The lowest BCUT2D eigenvalue weighted by Crippen LogP contribution is -2.19. The van der Waals surface area contributed by atoms with Gasteiger partial charge in [-0.25, -0.2) is 16.8 Å². The molecule has 1 atom stereocenters. The minimum atomic E-state index is -3.49. The molecular weight excluding hydrogens is 298 g/mol. The fourth-order valence-corrected chi connectivity index (χ4v) is 3.71. The van der Waals surface area contributed by atoms with Crippen molar-refractivity contribution in [2.75, 3.05) is 17.8 Å². The van der Waals surface area contributed by atoms with Crippen LogP contribution in [0.15, 0.2) is 28.0 Å². The lowest BCUT2D eigenvalue weighted by Gasteiger charge is -2.17. The molecule has 0 aromatic heterocycles. The van der Waals surface area contributed by atoms with Crippen molar-refractivity contribution in [3.05, 3.63) is 18.2 Å². The van der Waals surface area contributed by atoms with Crippen molar-refractivity contribution in [2.45, 2.75) is 35.6 Å². The second-order valence-corrected chi connectivity index (χ2v) is 9.47. The normalized spacial score (nSPS) is 17.8. The number of hydrogen-bond acceptors (Lipinski definition) is 5. The van der Waals surface area contributed by atoms with Crippen LogP contribution in [0.2, 0.25) is 0 Å². The molecule has 2 rings (SSSR count). The minimum Gasteiger partial charge on any atom is -0.381 e. The van der Waals surface area contributed by atoms with Crippen LogP contribution in [0, 0.1) is 5.92 Å². The van der Waals surface area contributed by atoms with Crippen LogP contribution >= 0.6 is 0 Å². The molecule has 1 saturated carbocycles. The molecule has 0 radical (unpaired) electrons. The SMILES string of the molecule is C[C@H](Nc1ccc(S(C)(=O)=O)cc1S(C)(=O)=O)C1CC1. The Morgan fingerprint density at radius 3 is 2.15 bits per heavy atom. The molecule has 0 heterocycles. The lowest BCUT2D eigenvalue weighted by atomic mass is 10.2. The first-order valence-electron chi connectivity index (χ1n) is 6.40. The average molecular weight is 317 g/mol. The minimum absolute atomic E-state index is 0.0163. The summed E-state index contributed by atoms with van der Waals surface area (Å²) >= 11 is 0. The quantitative estimate of drug-likeness (QED) is 0.894. The van der Waals surface area contributed by atoms with Crippen LogP contribution in [0.1, 0.15) is 19.8 Å². The number of nitrogens with one attached hydrogen (secondary N) is 1. The smallest absolute Gasteiger partial charge is 0.177 e. The maximum atomic E-state index is 11.9. The molecule has 5 nitrogen and oxygen atoms in total. The summed E-state index contributed by atoms with van der Waals surface area (Å²) in [4.78, 5) is 0.0514. The topological polar surface area (TPSA) is 80.3 Å². The van der Waals surface area contributed by atoms with Gasteiger partial charge in [-0.05, 0) is 43.9 Å². The largest absolute Gasteiger partial charge is 0.381 e. The summed E-state index contributed by atoms with van der Waals surface area (Å²) in [6.07, 6.45) is 4.43. The van der Waals surface area contributed by atoms with E-state index in [1.807, 2.05) is 6.92 Å². The van der Waals surface area contributed by atoms with Gasteiger partial charge in [-0.2, -0.15) is 0 Å². The summed E-state index contributed by atoms with van der Waals surface area (Å²) in [5.74, 6) is 0.567. The number of hydrogen-bond donors (Lipinski definition) is 1. The van der Waals surface area contributed by atoms with Gasteiger partial charge < -0.3 is 5.32 Å². The van der Waals surface area contributed by atoms with E-state index in [9.17, 15) is 16.8 Å². The van der Waals surface area contributed by atoms with E-state index >= 15 is 0 Å². The van der Waals surface area contributed by atoms with E-state index < -0.39 is 19.7 Å². The Morgan fingerprint density at radius 1 is 1.10 bits per heavy atom. The van der Waals surface area contributed by atoms with Crippen LogP contribution in [-0.4, -0.2) is 35.4 Å². The molecule has 0 amide bonds. The van der Waals surface area contributed by atoms with Gasteiger partial charge in [0, 0.05) is 18.6 Å². The molecule has 112 valence electrons. The molecule has 1 N–H and O–H groups in total. The highest BCUT2D eigenvalue weighted by molar-refractivity contribution is 7.91. The molecule has 20 heavy (non-hydrogen) atoms. The molecule has 0 saturated heterocycles. The van der Waals surface area contributed by atoms with Gasteiger partial charge in [-0.15, -0.1) is 0 Å². The number of benzene rings is 1. The zero-order valence-electron chi connectivity index (χ0n) is 11.8. The van der Waals surface area contributed by atoms with Crippen molar-refractivity contribution in [2.24, 2.45) is 5.92 Å². The van der Waals surface area contributed by atoms with Crippen LogP contribution in [0.25, 0.3) is 0 Å². The number of rotatable bonds is 5. The zero-order valence-corrected chi connectivity index (χ0v) is 13.4. The molecule has 1 aliphatic rings. The average Bonchev–Trinajstić information content (AvgIpc) is 3.09. The zero-order chi connectivity index (χ0) is 15.1. The van der Waals surface area contributed by atoms with E-state index in [4.69, 9.17) is 0 Å². The highest BCUT2D eigenvalue weighted by Gasteiger charge is 2.29. The summed E-state index contributed by atoms with van der Waals surface area (Å²) in [7, 11) is -6.92. The molecule has 0 spiro atoms. The first kappa shape index (κ1) is 15.3. The van der Waals surface area contributed by atoms with E-state index in [2.05, 4.69) is 5.32 Å². The second kappa shape index (κ2) is 5.04. The Morgan fingerprint density at radius 2 is 1.70 bits per heavy atom. The fraction of sp³-hybridized carbons (Fsp3) is 0.538. The van der Waals surface area contributed by atoms with Crippen LogP contribution in [0.4, 0.5) is 5.69 Å². The Hall–Kier alpha value is -1.08. The molecule has 7 heteroatoms. The van der Waals surface area contributed by atoms with Gasteiger partial charge in [-0.1, -0.05) is 0 Å². The van der Waals surface area contributed by atoms with Gasteiger partial charge in [0.15, 0.2) is 19.7 Å². The van der Waals surface area contributed by atoms with Crippen LogP contribution in [-0.2, 0) is 19.7 Å². The van der Waals surface area contributed by atoms with Gasteiger partial charge in [-0.3, -0.25) is 0 Å². The Kier molecular flexibility index (Phi) is 3.85. The molecule has 0 bridgehead atoms. The van der Waals surface area contributed by atoms with Gasteiger partial charge in [0.2, 0.25) is 0 Å². The standard InChI is InChI=1S/C13H19NO4S2/c1-9(10-4-5-10)14-12-7-6-11(19(2,15)16)8-13(12)20(3,17)18/h6-10,14H,4-5H2,1-3H3/t9-/m0/s1. The predicted octanol–water partition coefficient (Wildman–Crippen LogP) is 1.70. The third kappa shape index (κ3) is 3.52. The van der Waals surface area contributed by atoms with Crippen molar-refractivity contribution in [3.8, 4) is 0 Å². The van der Waals surface area contributed by atoms with Crippen LogP contribution in [0.5, 0.6) is 0 Å². The summed E-state index contributed by atoms with van der Waals surface area (Å²) < 4.78 is 46.8. The highest BCUT2D eigenvalue weighted by atomic mass is 32.2. The van der Waals surface area contributed by atoms with Crippen molar-refractivity contribution in [3.63, 3.8) is 0 Å². The first-order valence-corrected chi connectivity index (χ1v) is 10.2. The first-order chi connectivity index (χ1) is 9.09. The summed E-state index contributed by atoms with van der Waals surface area (Å²) in [6, 6.07) is 4.38. The summed E-state index contributed by atoms with van der Waals surface area (Å²) in [5, 5.41) is 3.18. The van der Waals surface area contributed by atoms with E-state index in [0.29, 0.717) is 11.6 Å². The van der Waals surface area contributed by atoms with Crippen LogP contribution < -0.4 is 5.32 Å². The molecule has 1 aromatic rings. The van der Waals surface area contributed by atoms with Gasteiger partial charge >= 0.3 is 0 Å². The van der Waals surface area contributed by atoms with E-state index in [0.717, 1.165) is 25.4 Å². The Labute approximate surface area is 120 Å². The van der Waals surface area contributed by atoms with Crippen LogP contribution in [0.3, 0.4) is 0 Å². The number of sulfone groups is 2. The molecular formula is C13H19NO4S2. The molecule has 0 aliphatic heterocycles. The summed E-state index contributed by atoms with van der Waals surface area (Å²) in [5.41, 5.74) is 0.472. The maximum Gasteiger partial charge on any atom is 0.177 e. The second-order valence-electron chi connectivity index (χ2n) is 5.47. The van der Waals surface area contributed by atoms with Crippen molar-refractivity contribution in [1.29, 1.82) is 0 Å². The molecule has 1 aliphatic carbocycles. The van der Waals surface area contributed by atoms with Crippen molar-refractivity contribution < 1.29 is 16.8 Å². The molecule has 1 fully saturated rings. The van der Waals surface area contributed by atoms with Crippen molar-refractivity contribution in [1.82, 2.24) is 0 Å². The fourth-order valence-electron chi connectivity index (χ4n) is 2.12. The van der Waals surface area contributed by atoms with E-state index in [1.54, 1.807) is 0 Å². The molecule has 0 unspecified atom stereocenters. The lowest BCUT2D eigenvalue weighted by molar-refractivity contribution is 0.600. The van der Waals surface area contributed by atoms with Crippen molar-refractivity contribution >= 4 is 25.4 Å². The highest BCUT2D eigenvalue weighted by Crippen LogP contribution is 2.35. The monoisotopic (exact) mass is 317 g/mol. The van der Waals surface area contributed by atoms with E-state index in [-0.39, 0.29) is 15.8 Å². The maximum absolute atomic E-state index is 11.9. The van der Waals surface area contributed by atoms with E-state index in [1.165, 1.54) is 18.2 Å². The Bertz CT molecular complexity index is 719. The van der Waals surface area contributed by atoms with Gasteiger partial charge in [0.1, 0.15) is 0 Å². The Balaban J connectivity index is 2.46. The summed E-state index contributed by atoms with van der Waals surface area (Å²) in [6.45, 7) is 2.01. The number of anilines is 1. The molecule has 1 aromatic carbocycles. The third-order valence-corrected chi connectivity index (χ3v) is 5.74. The van der Waals surface area contributed by atoms with Gasteiger partial charge in [0.25, 0.3) is 0 Å².